The van der Waals surface area contributed by atoms with Gasteiger partial charge in [0.1, 0.15) is 0 Å². The van der Waals surface area contributed by atoms with E-state index in [9.17, 15) is 8.42 Å². The molecule has 1 aromatic carbocycles. The van der Waals surface area contributed by atoms with Crippen LogP contribution in [0.1, 0.15) is 13.8 Å². The van der Waals surface area contributed by atoms with Gasteiger partial charge in [-0.05, 0) is 44.0 Å². The van der Waals surface area contributed by atoms with E-state index >= 15 is 0 Å². The Morgan fingerprint density at radius 2 is 1.68 bits per heavy atom. The Kier molecular flexibility index (Phi) is 6.78. The Labute approximate surface area is 139 Å². The summed E-state index contributed by atoms with van der Waals surface area (Å²) >= 11 is 10.0. The molecule has 1 aromatic rings. The zero-order valence-electron chi connectivity index (χ0n) is 10.5. The van der Waals surface area contributed by atoms with Crippen molar-refractivity contribution >= 4 is 63.5 Å². The van der Waals surface area contributed by atoms with E-state index < -0.39 is 10.0 Å². The second-order valence-corrected chi connectivity index (χ2v) is 8.74. The molecule has 0 bridgehead atoms. The predicted molar refractivity (Wildman–Crippen MR) is 90.1 cm³/mol. The van der Waals surface area contributed by atoms with Crippen LogP contribution < -0.4 is 10.0 Å². The van der Waals surface area contributed by atoms with Crippen molar-refractivity contribution in [1.82, 2.24) is 5.32 Å². The largest absolute Gasteiger partial charge is 0.313 e. The smallest absolute Gasteiger partial charge is 0.234 e. The highest BCUT2D eigenvalue weighted by Crippen LogP contribution is 2.34. The van der Waals surface area contributed by atoms with E-state index in [2.05, 4.69) is 57.8 Å². The maximum atomic E-state index is 12.0. The van der Waals surface area contributed by atoms with Gasteiger partial charge in [0.25, 0.3) is 0 Å². The van der Waals surface area contributed by atoms with Crippen molar-refractivity contribution in [1.29, 1.82) is 0 Å². The normalized spacial score (nSPS) is 11.9. The number of sulfonamides is 1. The summed E-state index contributed by atoms with van der Waals surface area (Å²) in [6.07, 6.45) is 0. The number of anilines is 1. The molecule has 0 radical (unpaired) electrons. The van der Waals surface area contributed by atoms with E-state index in [0.717, 1.165) is 4.47 Å². The van der Waals surface area contributed by atoms with Crippen molar-refractivity contribution in [2.75, 3.05) is 17.0 Å². The summed E-state index contributed by atoms with van der Waals surface area (Å²) in [5, 5.41) is 3.08. The molecule has 0 spiro atoms. The van der Waals surface area contributed by atoms with Crippen LogP contribution in [0, 0.1) is 0 Å². The molecular weight excluding hydrogens is 464 g/mol. The molecule has 0 unspecified atom stereocenters. The van der Waals surface area contributed by atoms with E-state index in [1.54, 1.807) is 12.1 Å². The minimum absolute atomic E-state index is 0.0279. The number of nitrogens with one attached hydrogen (secondary N) is 2. The number of benzene rings is 1. The third kappa shape index (κ3) is 6.12. The Morgan fingerprint density at radius 3 is 2.16 bits per heavy atom. The number of hydrogen-bond acceptors (Lipinski definition) is 3. The van der Waals surface area contributed by atoms with Crippen molar-refractivity contribution in [3.63, 3.8) is 0 Å². The van der Waals surface area contributed by atoms with Crippen molar-refractivity contribution in [3.05, 3.63) is 25.6 Å². The second kappa shape index (κ2) is 7.40. The van der Waals surface area contributed by atoms with E-state index in [0.29, 0.717) is 21.2 Å². The summed E-state index contributed by atoms with van der Waals surface area (Å²) in [5.74, 6) is 0.0279. The molecule has 108 valence electrons. The lowest BCUT2D eigenvalue weighted by Crippen LogP contribution is -2.31. The average Bonchev–Trinajstić information content (AvgIpc) is 2.22. The Balaban J connectivity index is 2.79. The molecule has 2 N–H and O–H groups in total. The summed E-state index contributed by atoms with van der Waals surface area (Å²) in [5.41, 5.74) is 0.507. The summed E-state index contributed by atoms with van der Waals surface area (Å²) in [7, 11) is -3.38. The fraction of sp³-hybridized carbons (Fsp3) is 0.455. The molecule has 19 heavy (non-hydrogen) atoms. The maximum Gasteiger partial charge on any atom is 0.234 e. The van der Waals surface area contributed by atoms with Gasteiger partial charge >= 0.3 is 0 Å². The maximum absolute atomic E-state index is 12.0. The summed E-state index contributed by atoms with van der Waals surface area (Å²) in [6, 6.07) is 3.84. The molecule has 0 fully saturated rings. The zero-order chi connectivity index (χ0) is 14.6. The van der Waals surface area contributed by atoms with Crippen molar-refractivity contribution < 1.29 is 8.42 Å². The first-order valence-corrected chi connectivity index (χ1v) is 9.63. The molecule has 0 aromatic heterocycles. The quantitative estimate of drug-likeness (QED) is 0.655. The van der Waals surface area contributed by atoms with E-state index in [1.165, 1.54) is 0 Å². The highest BCUT2D eigenvalue weighted by molar-refractivity contribution is 9.11. The molecule has 0 saturated carbocycles. The zero-order valence-corrected chi connectivity index (χ0v) is 16.1. The average molecular weight is 479 g/mol. The number of halogens is 3. The van der Waals surface area contributed by atoms with Crippen LogP contribution in [0.3, 0.4) is 0 Å². The second-order valence-electron chi connectivity index (χ2n) is 4.27. The Hall–Kier alpha value is 0.370. The Morgan fingerprint density at radius 1 is 1.16 bits per heavy atom. The monoisotopic (exact) mass is 476 g/mol. The van der Waals surface area contributed by atoms with Crippen LogP contribution in [0.4, 0.5) is 5.69 Å². The molecule has 0 atom stereocenters. The topological polar surface area (TPSA) is 58.2 Å². The standard InChI is InChI=1S/C11H15Br3N2O2S/c1-7(2)15-3-4-19(17,18)16-11-9(13)5-8(12)6-10(11)14/h5-7,15-16H,3-4H2,1-2H3. The molecule has 4 nitrogen and oxygen atoms in total. The SMILES string of the molecule is CC(C)NCCS(=O)(=O)Nc1c(Br)cc(Br)cc1Br. The van der Waals surface area contributed by atoms with Crippen molar-refractivity contribution in [2.45, 2.75) is 19.9 Å². The third-order valence-electron chi connectivity index (χ3n) is 2.19. The van der Waals surface area contributed by atoms with Crippen LogP contribution in [0.5, 0.6) is 0 Å². The van der Waals surface area contributed by atoms with Crippen LogP contribution in [-0.4, -0.2) is 26.8 Å². The number of rotatable bonds is 6. The van der Waals surface area contributed by atoms with Gasteiger partial charge in [-0.15, -0.1) is 0 Å². The molecule has 1 rings (SSSR count). The van der Waals surface area contributed by atoms with Crippen LogP contribution in [0.2, 0.25) is 0 Å². The summed E-state index contributed by atoms with van der Waals surface area (Å²) in [4.78, 5) is 0. The van der Waals surface area contributed by atoms with Gasteiger partial charge in [-0.1, -0.05) is 29.8 Å². The highest BCUT2D eigenvalue weighted by atomic mass is 79.9. The van der Waals surface area contributed by atoms with Gasteiger partial charge in [-0.25, -0.2) is 8.42 Å². The number of hydrogen-bond donors (Lipinski definition) is 2. The van der Waals surface area contributed by atoms with Crippen molar-refractivity contribution in [2.24, 2.45) is 0 Å². The molecule has 0 aliphatic heterocycles. The Bertz CT molecular complexity index is 524. The summed E-state index contributed by atoms with van der Waals surface area (Å²) < 4.78 is 28.7. The lowest BCUT2D eigenvalue weighted by molar-refractivity contribution is 0.582. The first-order chi connectivity index (χ1) is 8.71. The first-order valence-electron chi connectivity index (χ1n) is 5.59. The van der Waals surface area contributed by atoms with Crippen LogP contribution >= 0.6 is 47.8 Å². The van der Waals surface area contributed by atoms with E-state index in [1.807, 2.05) is 13.8 Å². The minimum atomic E-state index is -3.38. The molecule has 0 amide bonds. The molecule has 8 heteroatoms. The lowest BCUT2D eigenvalue weighted by atomic mass is 10.3. The first kappa shape index (κ1) is 17.4. The fourth-order valence-corrected chi connectivity index (χ4v) is 5.07. The molecular formula is C11H15Br3N2O2S. The van der Waals surface area contributed by atoms with Gasteiger partial charge in [0, 0.05) is 26.0 Å². The van der Waals surface area contributed by atoms with Gasteiger partial charge in [0.2, 0.25) is 10.0 Å². The van der Waals surface area contributed by atoms with Gasteiger partial charge in [-0.3, -0.25) is 4.72 Å². The van der Waals surface area contributed by atoms with E-state index in [-0.39, 0.29) is 11.8 Å². The summed E-state index contributed by atoms with van der Waals surface area (Å²) in [6.45, 7) is 4.36. The molecule has 0 aliphatic rings. The molecule has 0 saturated heterocycles. The van der Waals surface area contributed by atoms with Gasteiger partial charge in [0.15, 0.2) is 0 Å². The van der Waals surface area contributed by atoms with Gasteiger partial charge < -0.3 is 5.32 Å². The molecule has 0 heterocycles. The van der Waals surface area contributed by atoms with Crippen LogP contribution in [0.15, 0.2) is 25.6 Å². The van der Waals surface area contributed by atoms with Crippen LogP contribution in [0.25, 0.3) is 0 Å². The van der Waals surface area contributed by atoms with Crippen LogP contribution in [-0.2, 0) is 10.0 Å². The minimum Gasteiger partial charge on any atom is -0.313 e. The van der Waals surface area contributed by atoms with Gasteiger partial charge in [0.05, 0.1) is 11.4 Å². The fourth-order valence-electron chi connectivity index (χ4n) is 1.33. The predicted octanol–water partition coefficient (Wildman–Crippen LogP) is 3.71. The lowest BCUT2D eigenvalue weighted by Gasteiger charge is -2.13. The van der Waals surface area contributed by atoms with E-state index in [4.69, 9.17) is 0 Å². The highest BCUT2D eigenvalue weighted by Gasteiger charge is 2.15. The third-order valence-corrected chi connectivity index (χ3v) is 5.15. The molecule has 0 aliphatic carbocycles. The van der Waals surface area contributed by atoms with Gasteiger partial charge in [-0.2, -0.15) is 0 Å². The van der Waals surface area contributed by atoms with Crippen molar-refractivity contribution in [3.8, 4) is 0 Å².